The van der Waals surface area contributed by atoms with Crippen LogP contribution in [0.5, 0.6) is 0 Å². The molecule has 0 aliphatic rings. The summed E-state index contributed by atoms with van der Waals surface area (Å²) in [5, 5.41) is 5.51. The fourth-order valence-corrected chi connectivity index (χ4v) is 3.08. The van der Waals surface area contributed by atoms with E-state index in [2.05, 4.69) is 102 Å². The van der Waals surface area contributed by atoms with Crippen LogP contribution in [-0.2, 0) is 23.9 Å². The fraction of sp³-hybridized carbons (Fsp3) is 0.240. The second kappa shape index (κ2) is 12.5. The van der Waals surface area contributed by atoms with Crippen molar-refractivity contribution in [1.29, 1.82) is 0 Å². The van der Waals surface area contributed by atoms with Gasteiger partial charge in [-0.25, -0.2) is 0 Å². The standard InChI is InChI=1S/2C11H11.C3H6.2ClH.Hf/c2*1-8-6-10-5-3-4-9(2)11(10)7-8;1-3-2;;;/h2*3-7H,1-2H3;1-2H3;2*1H;/q2*-1;;;;+2. The van der Waals surface area contributed by atoms with E-state index in [1.165, 1.54) is 67.7 Å². The van der Waals surface area contributed by atoms with E-state index < -0.39 is 0 Å². The zero-order valence-corrected chi connectivity index (χ0v) is 22.8. The van der Waals surface area contributed by atoms with Gasteiger partial charge in [0.1, 0.15) is 0 Å². The van der Waals surface area contributed by atoms with Crippen LogP contribution in [0.1, 0.15) is 36.1 Å². The molecule has 0 saturated heterocycles. The first-order chi connectivity index (χ1) is 12.3. The minimum atomic E-state index is 0. The summed E-state index contributed by atoms with van der Waals surface area (Å²) in [6.07, 6.45) is 0. The summed E-state index contributed by atoms with van der Waals surface area (Å²) in [7, 11) is 0. The van der Waals surface area contributed by atoms with E-state index in [4.69, 9.17) is 0 Å². The summed E-state index contributed by atoms with van der Waals surface area (Å²) < 4.78 is 1.56. The topological polar surface area (TPSA) is 0 Å². The van der Waals surface area contributed by atoms with Crippen LogP contribution >= 0.6 is 24.8 Å². The van der Waals surface area contributed by atoms with Crippen molar-refractivity contribution in [3.05, 3.63) is 82.9 Å². The molecule has 0 nitrogen and oxygen atoms in total. The van der Waals surface area contributed by atoms with Gasteiger partial charge in [-0.3, -0.25) is 0 Å². The predicted octanol–water partition coefficient (Wildman–Crippen LogP) is 7.94. The second-order valence-corrected chi connectivity index (χ2v) is 10.8. The first-order valence-electron chi connectivity index (χ1n) is 9.05. The molecule has 0 unspecified atom stereocenters. The molecule has 0 amide bonds. The number of rotatable bonds is 0. The Labute approximate surface area is 196 Å². The summed E-state index contributed by atoms with van der Waals surface area (Å²) in [4.78, 5) is 0. The number of hydrogen-bond acceptors (Lipinski definition) is 0. The number of halogens is 2. The molecule has 0 bridgehead atoms. The molecule has 4 aromatic carbocycles. The minimum Gasteiger partial charge on any atom is -0.165 e. The Kier molecular flexibility index (Phi) is 12.1. The SMILES string of the molecule is C[C](C)=[Hf+2].Cc1cc2c(C)cccc2[cH-]1.Cc1cc2c(C)cccc2[cH-]1.Cl.Cl. The first kappa shape index (κ1) is 27.0. The van der Waals surface area contributed by atoms with Crippen molar-refractivity contribution in [3.8, 4) is 0 Å². The van der Waals surface area contributed by atoms with Gasteiger partial charge in [0, 0.05) is 0 Å². The minimum absolute atomic E-state index is 0. The van der Waals surface area contributed by atoms with Gasteiger partial charge >= 0.3 is 41.0 Å². The van der Waals surface area contributed by atoms with Crippen LogP contribution in [0.25, 0.3) is 21.5 Å². The van der Waals surface area contributed by atoms with E-state index in [9.17, 15) is 0 Å². The molecule has 0 atom stereocenters. The van der Waals surface area contributed by atoms with Crippen molar-refractivity contribution < 1.29 is 23.9 Å². The molecular formula is C25H30Cl2Hf. The molecule has 28 heavy (non-hydrogen) atoms. The molecule has 0 N–H and O–H groups in total. The van der Waals surface area contributed by atoms with Gasteiger partial charge in [-0.15, -0.1) is 93.9 Å². The molecule has 0 radical (unpaired) electrons. The van der Waals surface area contributed by atoms with Gasteiger partial charge in [0.05, 0.1) is 0 Å². The smallest absolute Gasteiger partial charge is 0.0488 e. The zero-order chi connectivity index (χ0) is 19.3. The third-order valence-electron chi connectivity index (χ3n) is 4.23. The van der Waals surface area contributed by atoms with Crippen LogP contribution in [0.2, 0.25) is 0 Å². The van der Waals surface area contributed by atoms with E-state index in [1.807, 2.05) is 0 Å². The number of hydrogen-bond donors (Lipinski definition) is 0. The van der Waals surface area contributed by atoms with Crippen molar-refractivity contribution in [2.75, 3.05) is 0 Å². The monoisotopic (exact) mass is 580 g/mol. The predicted molar refractivity (Wildman–Crippen MR) is 129 cm³/mol. The van der Waals surface area contributed by atoms with E-state index in [0.717, 1.165) is 0 Å². The summed E-state index contributed by atoms with van der Waals surface area (Å²) in [5.74, 6) is 0. The Morgan fingerprint density at radius 2 is 1.00 bits per heavy atom. The van der Waals surface area contributed by atoms with Gasteiger partial charge in [-0.2, -0.15) is 12.1 Å². The molecule has 0 aliphatic heterocycles. The van der Waals surface area contributed by atoms with Gasteiger partial charge in [-0.1, -0.05) is 37.1 Å². The molecule has 0 heterocycles. The Bertz CT molecular complexity index is 940. The molecule has 0 fully saturated rings. The van der Waals surface area contributed by atoms with Crippen LogP contribution in [0.3, 0.4) is 0 Å². The third-order valence-corrected chi connectivity index (χ3v) is 4.23. The summed E-state index contributed by atoms with van der Waals surface area (Å²) in [5.41, 5.74) is 5.45. The third kappa shape index (κ3) is 7.78. The van der Waals surface area contributed by atoms with E-state index in [0.29, 0.717) is 0 Å². The maximum atomic E-state index is 2.24. The Balaban J connectivity index is 0.000000415. The Morgan fingerprint density at radius 3 is 1.29 bits per heavy atom. The van der Waals surface area contributed by atoms with Gasteiger partial charge < -0.3 is 0 Å². The van der Waals surface area contributed by atoms with Crippen molar-refractivity contribution in [2.45, 2.75) is 41.5 Å². The molecule has 0 spiro atoms. The fourth-order valence-electron chi connectivity index (χ4n) is 3.08. The van der Waals surface area contributed by atoms with Crippen molar-refractivity contribution >= 4 is 49.6 Å². The molecule has 4 aromatic rings. The Hall–Kier alpha value is -1.02. The number of aryl methyl sites for hydroxylation is 4. The molecule has 4 rings (SSSR count). The van der Waals surface area contributed by atoms with Crippen LogP contribution in [0, 0.1) is 27.7 Å². The van der Waals surface area contributed by atoms with Crippen molar-refractivity contribution in [1.82, 2.24) is 0 Å². The molecule has 0 aromatic heterocycles. The van der Waals surface area contributed by atoms with Gasteiger partial charge in [0.25, 0.3) is 0 Å². The van der Waals surface area contributed by atoms with Gasteiger partial charge in [-0.05, 0) is 13.8 Å². The first-order valence-corrected chi connectivity index (χ1v) is 10.8. The van der Waals surface area contributed by atoms with Crippen LogP contribution in [0.15, 0.2) is 60.7 Å². The maximum Gasteiger partial charge on any atom is -0.0488 e. The normalized spacial score (nSPS) is 9.43. The van der Waals surface area contributed by atoms with Crippen LogP contribution in [-0.4, -0.2) is 3.26 Å². The number of fused-ring (bicyclic) bond motifs is 2. The molecule has 148 valence electrons. The van der Waals surface area contributed by atoms with Gasteiger partial charge in [0.2, 0.25) is 0 Å². The molecular weight excluding hydrogens is 550 g/mol. The largest absolute Gasteiger partial charge is 0.165 e. The number of benzene rings is 2. The Morgan fingerprint density at radius 1 is 0.679 bits per heavy atom. The molecule has 0 saturated carbocycles. The van der Waals surface area contributed by atoms with Crippen molar-refractivity contribution in [2.24, 2.45) is 0 Å². The summed E-state index contributed by atoms with van der Waals surface area (Å²) in [6.45, 7) is 12.9. The summed E-state index contributed by atoms with van der Waals surface area (Å²) >= 11 is 1.27. The zero-order valence-electron chi connectivity index (χ0n) is 17.6. The van der Waals surface area contributed by atoms with Crippen LogP contribution in [0.4, 0.5) is 0 Å². The quantitative estimate of drug-likeness (QED) is 0.147. The average molecular weight is 580 g/mol. The van der Waals surface area contributed by atoms with E-state index in [1.54, 1.807) is 3.26 Å². The van der Waals surface area contributed by atoms with E-state index >= 15 is 0 Å². The molecule has 0 aliphatic carbocycles. The van der Waals surface area contributed by atoms with E-state index in [-0.39, 0.29) is 24.8 Å². The molecule has 3 heteroatoms. The summed E-state index contributed by atoms with van der Waals surface area (Å²) in [6, 6.07) is 21.8. The second-order valence-electron chi connectivity index (χ2n) is 7.22. The van der Waals surface area contributed by atoms with Crippen LogP contribution < -0.4 is 0 Å². The maximum absolute atomic E-state index is 2.24. The van der Waals surface area contributed by atoms with Crippen molar-refractivity contribution in [3.63, 3.8) is 0 Å². The average Bonchev–Trinajstić information content (AvgIpc) is 3.11. The van der Waals surface area contributed by atoms with Gasteiger partial charge in [0.15, 0.2) is 0 Å².